The smallest absolute Gasteiger partial charge is 0.257 e. The number of hydrogen-bond donors (Lipinski definition) is 2. The standard InChI is InChI=1S/C11H16N2O3/c1-8-10(6-9(7-14)16-8)11(15)13-4-2-12-3-5-13/h6,12,14H,2-5,7H2,1H3. The highest BCUT2D eigenvalue weighted by Crippen LogP contribution is 2.17. The van der Waals surface area contributed by atoms with E-state index in [0.29, 0.717) is 17.1 Å². The van der Waals surface area contributed by atoms with Crippen molar-refractivity contribution in [2.45, 2.75) is 13.5 Å². The molecule has 16 heavy (non-hydrogen) atoms. The molecule has 1 aliphatic rings. The van der Waals surface area contributed by atoms with Gasteiger partial charge in [-0.15, -0.1) is 0 Å². The Morgan fingerprint density at radius 1 is 1.56 bits per heavy atom. The van der Waals surface area contributed by atoms with Crippen LogP contribution in [0.2, 0.25) is 0 Å². The highest BCUT2D eigenvalue weighted by molar-refractivity contribution is 5.95. The number of hydrogen-bond acceptors (Lipinski definition) is 4. The number of nitrogens with one attached hydrogen (secondary N) is 1. The Labute approximate surface area is 94.0 Å². The van der Waals surface area contributed by atoms with Crippen molar-refractivity contribution in [2.75, 3.05) is 26.2 Å². The summed E-state index contributed by atoms with van der Waals surface area (Å²) in [6.45, 7) is 4.67. The molecule has 1 aromatic rings. The van der Waals surface area contributed by atoms with E-state index in [9.17, 15) is 4.79 Å². The summed E-state index contributed by atoms with van der Waals surface area (Å²) in [5, 5.41) is 12.1. The first kappa shape index (κ1) is 11.2. The van der Waals surface area contributed by atoms with Crippen LogP contribution in [0.15, 0.2) is 10.5 Å². The Kier molecular flexibility index (Phi) is 3.26. The van der Waals surface area contributed by atoms with Crippen molar-refractivity contribution in [3.05, 3.63) is 23.2 Å². The molecule has 1 fully saturated rings. The third kappa shape index (κ3) is 2.10. The normalized spacial score (nSPS) is 16.5. The molecule has 1 aromatic heterocycles. The predicted molar refractivity (Wildman–Crippen MR) is 58.1 cm³/mol. The van der Waals surface area contributed by atoms with E-state index < -0.39 is 0 Å². The van der Waals surface area contributed by atoms with Gasteiger partial charge >= 0.3 is 0 Å². The molecule has 0 spiro atoms. The monoisotopic (exact) mass is 224 g/mol. The molecule has 1 aliphatic heterocycles. The van der Waals surface area contributed by atoms with Crippen molar-refractivity contribution in [1.82, 2.24) is 10.2 Å². The van der Waals surface area contributed by atoms with E-state index in [2.05, 4.69) is 5.32 Å². The van der Waals surface area contributed by atoms with Gasteiger partial charge < -0.3 is 19.7 Å². The molecule has 0 atom stereocenters. The second-order valence-electron chi connectivity index (χ2n) is 3.88. The zero-order valence-corrected chi connectivity index (χ0v) is 9.32. The maximum Gasteiger partial charge on any atom is 0.257 e. The van der Waals surface area contributed by atoms with Crippen molar-refractivity contribution < 1.29 is 14.3 Å². The van der Waals surface area contributed by atoms with Gasteiger partial charge in [0, 0.05) is 26.2 Å². The molecule has 0 bridgehead atoms. The van der Waals surface area contributed by atoms with Crippen molar-refractivity contribution in [3.8, 4) is 0 Å². The molecular weight excluding hydrogens is 208 g/mol. The zero-order valence-electron chi connectivity index (χ0n) is 9.32. The number of aliphatic hydroxyl groups excluding tert-OH is 1. The molecule has 0 unspecified atom stereocenters. The fourth-order valence-corrected chi connectivity index (χ4v) is 1.87. The van der Waals surface area contributed by atoms with Crippen LogP contribution in [0, 0.1) is 6.92 Å². The molecule has 0 aromatic carbocycles. The summed E-state index contributed by atoms with van der Waals surface area (Å²) in [7, 11) is 0. The summed E-state index contributed by atoms with van der Waals surface area (Å²) in [5.41, 5.74) is 0.561. The first-order chi connectivity index (χ1) is 7.72. The van der Waals surface area contributed by atoms with E-state index in [1.807, 2.05) is 0 Å². The molecule has 2 rings (SSSR count). The summed E-state index contributed by atoms with van der Waals surface area (Å²) in [6.07, 6.45) is 0. The predicted octanol–water partition coefficient (Wildman–Crippen LogP) is 0.126. The lowest BCUT2D eigenvalue weighted by atomic mass is 10.2. The summed E-state index contributed by atoms with van der Waals surface area (Å²) in [4.78, 5) is 13.9. The molecule has 2 heterocycles. The minimum atomic E-state index is -0.171. The van der Waals surface area contributed by atoms with Crippen LogP contribution < -0.4 is 5.32 Å². The Morgan fingerprint density at radius 2 is 2.25 bits per heavy atom. The average Bonchev–Trinajstić information content (AvgIpc) is 2.71. The summed E-state index contributed by atoms with van der Waals surface area (Å²) in [5.74, 6) is 1.01. The van der Waals surface area contributed by atoms with Gasteiger partial charge in [-0.05, 0) is 13.0 Å². The number of carbonyl (C=O) groups excluding carboxylic acids is 1. The third-order valence-corrected chi connectivity index (χ3v) is 2.76. The second kappa shape index (κ2) is 4.67. The van der Waals surface area contributed by atoms with Crippen LogP contribution in [-0.2, 0) is 6.61 Å². The fraction of sp³-hybridized carbons (Fsp3) is 0.545. The summed E-state index contributed by atoms with van der Waals surface area (Å²) < 4.78 is 5.26. The van der Waals surface area contributed by atoms with Crippen LogP contribution in [0.25, 0.3) is 0 Å². The van der Waals surface area contributed by atoms with E-state index in [1.165, 1.54) is 0 Å². The lowest BCUT2D eigenvalue weighted by molar-refractivity contribution is 0.0734. The number of rotatable bonds is 2. The number of aliphatic hydroxyl groups is 1. The largest absolute Gasteiger partial charge is 0.463 e. The minimum Gasteiger partial charge on any atom is -0.463 e. The van der Waals surface area contributed by atoms with Gasteiger partial charge in [0.2, 0.25) is 0 Å². The van der Waals surface area contributed by atoms with Crippen LogP contribution in [0.5, 0.6) is 0 Å². The number of nitrogens with zero attached hydrogens (tertiary/aromatic N) is 1. The molecule has 5 nitrogen and oxygen atoms in total. The van der Waals surface area contributed by atoms with Gasteiger partial charge in [-0.1, -0.05) is 0 Å². The molecule has 0 saturated carbocycles. The highest BCUT2D eigenvalue weighted by Gasteiger charge is 2.22. The Hall–Kier alpha value is -1.33. The van der Waals surface area contributed by atoms with Crippen LogP contribution in [-0.4, -0.2) is 42.1 Å². The highest BCUT2D eigenvalue weighted by atomic mass is 16.4. The van der Waals surface area contributed by atoms with E-state index in [1.54, 1.807) is 17.9 Å². The van der Waals surface area contributed by atoms with Crippen LogP contribution >= 0.6 is 0 Å². The number of carbonyl (C=O) groups is 1. The van der Waals surface area contributed by atoms with Gasteiger partial charge in [0.15, 0.2) is 0 Å². The zero-order chi connectivity index (χ0) is 11.5. The number of amides is 1. The van der Waals surface area contributed by atoms with Crippen LogP contribution in [0.1, 0.15) is 21.9 Å². The van der Waals surface area contributed by atoms with Gasteiger partial charge in [-0.3, -0.25) is 4.79 Å². The van der Waals surface area contributed by atoms with E-state index in [4.69, 9.17) is 9.52 Å². The quantitative estimate of drug-likeness (QED) is 0.749. The van der Waals surface area contributed by atoms with E-state index in [0.717, 1.165) is 26.2 Å². The first-order valence-corrected chi connectivity index (χ1v) is 5.42. The molecule has 0 aliphatic carbocycles. The maximum atomic E-state index is 12.1. The van der Waals surface area contributed by atoms with Gasteiger partial charge in [0.25, 0.3) is 5.91 Å². The Morgan fingerprint density at radius 3 is 2.81 bits per heavy atom. The fourth-order valence-electron chi connectivity index (χ4n) is 1.87. The van der Waals surface area contributed by atoms with E-state index >= 15 is 0 Å². The summed E-state index contributed by atoms with van der Waals surface area (Å²) in [6, 6.07) is 1.62. The van der Waals surface area contributed by atoms with Crippen molar-refractivity contribution in [2.24, 2.45) is 0 Å². The minimum absolute atomic E-state index is 0.0116. The van der Waals surface area contributed by atoms with Crippen molar-refractivity contribution in [3.63, 3.8) is 0 Å². The lowest BCUT2D eigenvalue weighted by Gasteiger charge is -2.27. The van der Waals surface area contributed by atoms with Crippen LogP contribution in [0.4, 0.5) is 0 Å². The van der Waals surface area contributed by atoms with Gasteiger partial charge in [0.05, 0.1) is 5.56 Å². The topological polar surface area (TPSA) is 65.7 Å². The maximum absolute atomic E-state index is 12.1. The first-order valence-electron chi connectivity index (χ1n) is 5.42. The second-order valence-corrected chi connectivity index (χ2v) is 3.88. The Balaban J connectivity index is 2.15. The Bertz CT molecular complexity index is 381. The molecule has 5 heteroatoms. The summed E-state index contributed by atoms with van der Waals surface area (Å²) >= 11 is 0. The number of aryl methyl sites for hydroxylation is 1. The van der Waals surface area contributed by atoms with E-state index in [-0.39, 0.29) is 12.5 Å². The molecule has 1 saturated heterocycles. The SMILES string of the molecule is Cc1oc(CO)cc1C(=O)N1CCNCC1. The third-order valence-electron chi connectivity index (χ3n) is 2.76. The van der Waals surface area contributed by atoms with Crippen LogP contribution in [0.3, 0.4) is 0 Å². The molecule has 2 N–H and O–H groups in total. The van der Waals surface area contributed by atoms with Crippen molar-refractivity contribution in [1.29, 1.82) is 0 Å². The van der Waals surface area contributed by atoms with Gasteiger partial charge in [-0.25, -0.2) is 0 Å². The van der Waals surface area contributed by atoms with Gasteiger partial charge in [0.1, 0.15) is 18.1 Å². The van der Waals surface area contributed by atoms with Crippen molar-refractivity contribution >= 4 is 5.91 Å². The molecule has 0 radical (unpaired) electrons. The van der Waals surface area contributed by atoms with Gasteiger partial charge in [-0.2, -0.15) is 0 Å². The molecule has 1 amide bonds. The molecule has 88 valence electrons. The average molecular weight is 224 g/mol. The number of furan rings is 1. The lowest BCUT2D eigenvalue weighted by Crippen LogP contribution is -2.46. The molecular formula is C11H16N2O3. The number of piperazine rings is 1.